The number of halogens is 2. The second-order valence-electron chi connectivity index (χ2n) is 4.49. The van der Waals surface area contributed by atoms with Gasteiger partial charge in [-0.05, 0) is 28.9 Å². The number of alkyl halides is 1. The number of carbonyl (C=O) groups is 1. The van der Waals surface area contributed by atoms with E-state index < -0.39 is 6.04 Å². The fraction of sp³-hybridized carbons (Fsp3) is 0.462. The molecule has 114 valence electrons. The van der Waals surface area contributed by atoms with E-state index in [0.29, 0.717) is 30.1 Å². The zero-order valence-electron chi connectivity index (χ0n) is 11.8. The van der Waals surface area contributed by atoms with Gasteiger partial charge in [0.2, 0.25) is 5.91 Å². The summed E-state index contributed by atoms with van der Waals surface area (Å²) in [6.07, 6.45) is 1.67. The van der Waals surface area contributed by atoms with Crippen molar-refractivity contribution in [3.63, 3.8) is 0 Å². The van der Waals surface area contributed by atoms with Crippen LogP contribution in [0.2, 0.25) is 0 Å². The molecule has 2 aromatic heterocycles. The number of carbonyl (C=O) groups excluding carboxylic acids is 1. The maximum atomic E-state index is 12.2. The topological polar surface area (TPSA) is 69.0 Å². The Morgan fingerprint density at radius 2 is 2.38 bits per heavy atom. The van der Waals surface area contributed by atoms with Crippen molar-refractivity contribution in [1.29, 1.82) is 0 Å². The van der Waals surface area contributed by atoms with Crippen molar-refractivity contribution in [1.82, 2.24) is 19.9 Å². The lowest BCUT2D eigenvalue weighted by Gasteiger charge is -2.16. The molecular weight excluding hydrogens is 360 g/mol. The summed E-state index contributed by atoms with van der Waals surface area (Å²) in [5.41, 5.74) is 1.35. The number of amides is 1. The number of hydrogen-bond donors (Lipinski definition) is 1. The molecule has 0 saturated carbocycles. The second-order valence-corrected chi connectivity index (χ2v) is 5.67. The number of rotatable bonds is 6. The van der Waals surface area contributed by atoms with Gasteiger partial charge in [-0.1, -0.05) is 0 Å². The van der Waals surface area contributed by atoms with Crippen LogP contribution in [0, 0.1) is 0 Å². The summed E-state index contributed by atoms with van der Waals surface area (Å²) in [7, 11) is 1.59. The first-order chi connectivity index (χ1) is 10.1. The van der Waals surface area contributed by atoms with Crippen LogP contribution >= 0.6 is 27.5 Å². The Morgan fingerprint density at radius 3 is 3.05 bits per heavy atom. The first-order valence-corrected chi connectivity index (χ1v) is 7.76. The fourth-order valence-corrected chi connectivity index (χ4v) is 2.55. The maximum absolute atomic E-state index is 12.2. The standard InChI is InChI=1S/C13H16BrClN4O2/c1-8(13(20)16-3-4-21-2)19-11(6-15)18-10-5-9(14)7-17-12(10)19/h5,7-8H,3-4,6H2,1-2H3,(H,16,20). The van der Waals surface area contributed by atoms with Gasteiger partial charge in [-0.25, -0.2) is 9.97 Å². The normalized spacial score (nSPS) is 12.6. The van der Waals surface area contributed by atoms with E-state index in [9.17, 15) is 4.79 Å². The molecule has 1 unspecified atom stereocenters. The number of methoxy groups -OCH3 is 1. The third-order valence-electron chi connectivity index (χ3n) is 3.06. The van der Waals surface area contributed by atoms with Crippen LogP contribution in [0.25, 0.3) is 11.2 Å². The number of imidazole rings is 1. The highest BCUT2D eigenvalue weighted by Crippen LogP contribution is 2.23. The van der Waals surface area contributed by atoms with Crippen molar-refractivity contribution in [2.45, 2.75) is 18.8 Å². The van der Waals surface area contributed by atoms with Gasteiger partial charge in [-0.15, -0.1) is 11.6 Å². The molecule has 2 rings (SSSR count). The largest absolute Gasteiger partial charge is 0.383 e. The Balaban J connectivity index is 2.33. The molecule has 0 radical (unpaired) electrons. The molecule has 0 spiro atoms. The van der Waals surface area contributed by atoms with Gasteiger partial charge in [-0.3, -0.25) is 9.36 Å². The van der Waals surface area contributed by atoms with Gasteiger partial charge in [0, 0.05) is 24.3 Å². The van der Waals surface area contributed by atoms with Crippen molar-refractivity contribution in [3.05, 3.63) is 22.6 Å². The number of aromatic nitrogens is 3. The molecule has 6 nitrogen and oxygen atoms in total. The summed E-state index contributed by atoms with van der Waals surface area (Å²) in [6.45, 7) is 2.72. The first kappa shape index (κ1) is 16.2. The third kappa shape index (κ3) is 3.53. The molecular formula is C13H16BrClN4O2. The molecule has 2 heterocycles. The predicted molar refractivity (Wildman–Crippen MR) is 84.4 cm³/mol. The monoisotopic (exact) mass is 374 g/mol. The average molecular weight is 376 g/mol. The van der Waals surface area contributed by atoms with E-state index in [1.165, 1.54) is 0 Å². The average Bonchev–Trinajstić information content (AvgIpc) is 2.83. The van der Waals surface area contributed by atoms with Crippen LogP contribution < -0.4 is 5.32 Å². The highest BCUT2D eigenvalue weighted by molar-refractivity contribution is 9.10. The predicted octanol–water partition coefficient (Wildman–Crippen LogP) is 2.26. The van der Waals surface area contributed by atoms with Gasteiger partial charge in [-0.2, -0.15) is 0 Å². The number of fused-ring (bicyclic) bond motifs is 1. The van der Waals surface area contributed by atoms with Crippen LogP contribution in [0.15, 0.2) is 16.7 Å². The van der Waals surface area contributed by atoms with E-state index in [0.717, 1.165) is 4.47 Å². The van der Waals surface area contributed by atoms with Crippen LogP contribution in [0.3, 0.4) is 0 Å². The number of ether oxygens (including phenoxy) is 1. The highest BCUT2D eigenvalue weighted by Gasteiger charge is 2.21. The molecule has 8 heteroatoms. The zero-order valence-corrected chi connectivity index (χ0v) is 14.1. The molecule has 2 aromatic rings. The van der Waals surface area contributed by atoms with Gasteiger partial charge in [0.15, 0.2) is 5.65 Å². The first-order valence-electron chi connectivity index (χ1n) is 6.43. The molecule has 0 aliphatic carbocycles. The molecule has 0 aliphatic heterocycles. The number of nitrogens with zero attached hydrogens (tertiary/aromatic N) is 3. The molecule has 0 aliphatic rings. The minimum absolute atomic E-state index is 0.123. The Bertz CT molecular complexity index is 646. The van der Waals surface area contributed by atoms with Crippen LogP contribution in [0.1, 0.15) is 18.8 Å². The van der Waals surface area contributed by atoms with Gasteiger partial charge < -0.3 is 10.1 Å². The van der Waals surface area contributed by atoms with E-state index in [1.807, 2.05) is 6.07 Å². The summed E-state index contributed by atoms with van der Waals surface area (Å²) in [5.74, 6) is 0.707. The van der Waals surface area contributed by atoms with Crippen molar-refractivity contribution in [2.75, 3.05) is 20.3 Å². The molecule has 21 heavy (non-hydrogen) atoms. The lowest BCUT2D eigenvalue weighted by atomic mass is 10.3. The van der Waals surface area contributed by atoms with E-state index in [-0.39, 0.29) is 11.8 Å². The van der Waals surface area contributed by atoms with Gasteiger partial charge in [0.1, 0.15) is 17.4 Å². The Kier molecular flexibility index (Phi) is 5.55. The van der Waals surface area contributed by atoms with E-state index >= 15 is 0 Å². The fourth-order valence-electron chi connectivity index (χ4n) is 2.05. The van der Waals surface area contributed by atoms with Crippen molar-refractivity contribution in [2.24, 2.45) is 0 Å². The van der Waals surface area contributed by atoms with Crippen molar-refractivity contribution >= 4 is 44.6 Å². The molecule has 0 fully saturated rings. The highest BCUT2D eigenvalue weighted by atomic mass is 79.9. The quantitative estimate of drug-likeness (QED) is 0.621. The van der Waals surface area contributed by atoms with Crippen molar-refractivity contribution in [3.8, 4) is 0 Å². The number of hydrogen-bond acceptors (Lipinski definition) is 4. The Hall–Kier alpha value is -1.18. The van der Waals surface area contributed by atoms with Crippen molar-refractivity contribution < 1.29 is 9.53 Å². The zero-order chi connectivity index (χ0) is 15.4. The van der Waals surface area contributed by atoms with E-state index in [4.69, 9.17) is 16.3 Å². The minimum atomic E-state index is -0.450. The smallest absolute Gasteiger partial charge is 0.242 e. The third-order valence-corrected chi connectivity index (χ3v) is 3.73. The maximum Gasteiger partial charge on any atom is 0.242 e. The van der Waals surface area contributed by atoms with Crippen LogP contribution in [0.5, 0.6) is 0 Å². The summed E-state index contributed by atoms with van der Waals surface area (Å²) < 4.78 is 7.51. The molecule has 1 N–H and O–H groups in total. The minimum Gasteiger partial charge on any atom is -0.383 e. The lowest BCUT2D eigenvalue weighted by Crippen LogP contribution is -2.33. The van der Waals surface area contributed by atoms with Crippen LogP contribution in [-0.4, -0.2) is 40.7 Å². The van der Waals surface area contributed by atoms with Gasteiger partial charge in [0.05, 0.1) is 12.5 Å². The summed E-state index contributed by atoms with van der Waals surface area (Å²) >= 11 is 9.30. The number of nitrogens with one attached hydrogen (secondary N) is 1. The SMILES string of the molecule is COCCNC(=O)C(C)n1c(CCl)nc2cc(Br)cnc21. The van der Waals surface area contributed by atoms with E-state index in [1.54, 1.807) is 24.8 Å². The summed E-state index contributed by atoms with van der Waals surface area (Å²) in [6, 6.07) is 1.40. The number of pyridine rings is 1. The molecule has 0 bridgehead atoms. The van der Waals surface area contributed by atoms with Crippen LogP contribution in [0.4, 0.5) is 0 Å². The van der Waals surface area contributed by atoms with E-state index in [2.05, 4.69) is 31.2 Å². The Labute approximate surface area is 136 Å². The molecule has 0 aromatic carbocycles. The molecule has 1 atom stereocenters. The van der Waals surface area contributed by atoms with Gasteiger partial charge in [0.25, 0.3) is 0 Å². The second kappa shape index (κ2) is 7.20. The summed E-state index contributed by atoms with van der Waals surface area (Å²) in [5, 5.41) is 2.81. The molecule has 0 saturated heterocycles. The summed E-state index contributed by atoms with van der Waals surface area (Å²) in [4.78, 5) is 21.0. The molecule has 1 amide bonds. The Morgan fingerprint density at radius 1 is 1.62 bits per heavy atom. The van der Waals surface area contributed by atoms with Crippen LogP contribution in [-0.2, 0) is 15.4 Å². The van der Waals surface area contributed by atoms with Gasteiger partial charge >= 0.3 is 0 Å². The lowest BCUT2D eigenvalue weighted by molar-refractivity contribution is -0.124.